The van der Waals surface area contributed by atoms with Crippen molar-refractivity contribution in [1.82, 2.24) is 54.4 Å². The van der Waals surface area contributed by atoms with Crippen molar-refractivity contribution in [2.24, 2.45) is 72.5 Å². The standard InChI is InChI=1S/C29H30N4O3.C23H42N4O.C21H18N4O.C20H17N5O.C20H36N4O3S/c30-29-32(20-22-16-18-31(19-17-22)26(34)21-36-25-14-8-3-9-15-25)28(35)27(23-10-4-1-5-11-23)33(29)24-12-6-2-7-13-24;1-3-4-15-25-20-12-8-11-19(16-20)17-23(21(28)27(2)22(24)26-23)14-13-18-9-6-5-7-10-18;1-25-19(26)21(24-20(25)22,17-9-3-2-4-10-17)18-11-5-7-15(13-18)16-8-6-12-23-14-16;1-25-18(26)20(24-19(25)21,16-7-3-2-4-8-16)17-9-5-6-14(10-17)15-11-22-13-23-12-15;1-24-18(25)20(22-19(24)21,12-11-15-7-4-3-5-8-15)14-16-9-6-10-17(13-16)23-28(2,26)27/h1-15,22,27,30H,16-21H2;18-20,25H,3-17H2,1-2H3,(H2,24,26);2-14H,1H3,(H2,22,24);2-13H,1H3,(H2,21,24);15-17,23H,3-14H2,1-2H3,(H2,21,22)/t;19-,20+,23+;;;16-,17+,20+/m.0..0/s1. The highest BCUT2D eigenvalue weighted by molar-refractivity contribution is 7.88. The lowest BCUT2D eigenvalue weighted by molar-refractivity contribution is -0.135. The number of hydrogen-bond acceptors (Lipinski definition) is 22. The molecule has 6 aliphatic heterocycles. The van der Waals surface area contributed by atoms with Crippen LogP contribution in [-0.2, 0) is 49.9 Å². The van der Waals surface area contributed by atoms with E-state index in [1.54, 1.807) is 62.8 Å². The van der Waals surface area contributed by atoms with Crippen molar-refractivity contribution < 1.29 is 41.9 Å². The maximum absolute atomic E-state index is 13.6. The van der Waals surface area contributed by atoms with E-state index in [2.05, 4.69) is 41.9 Å². The van der Waals surface area contributed by atoms with Crippen LogP contribution >= 0.6 is 0 Å². The van der Waals surface area contributed by atoms with Gasteiger partial charge in [-0.3, -0.25) is 68.6 Å². The van der Waals surface area contributed by atoms with Crippen molar-refractivity contribution in [3.8, 4) is 28.0 Å². The molecule has 9 atom stereocenters. The minimum absolute atomic E-state index is 0.0130. The van der Waals surface area contributed by atoms with Crippen LogP contribution in [0, 0.1) is 35.0 Å². The van der Waals surface area contributed by atoms with Gasteiger partial charge in [-0.1, -0.05) is 273 Å². The molecule has 760 valence electrons. The Morgan fingerprint density at radius 2 is 0.903 bits per heavy atom. The van der Waals surface area contributed by atoms with Crippen LogP contribution in [-0.4, -0.2) is 208 Å². The first-order valence-corrected chi connectivity index (χ1v) is 53.5. The number of anilines is 1. The number of carbonyl (C=O) groups is 6. The molecule has 2 aromatic heterocycles. The molecule has 6 fully saturated rings. The van der Waals surface area contributed by atoms with E-state index < -0.39 is 38.2 Å². The summed E-state index contributed by atoms with van der Waals surface area (Å²) < 4.78 is 31.6. The molecule has 4 saturated carbocycles. The van der Waals surface area contributed by atoms with Gasteiger partial charge in [0, 0.05) is 95.9 Å². The van der Waals surface area contributed by atoms with Gasteiger partial charge in [-0.2, -0.15) is 0 Å². The molecule has 2 saturated heterocycles. The van der Waals surface area contributed by atoms with Gasteiger partial charge >= 0.3 is 0 Å². The number of nitrogens with zero attached hydrogens (tertiary/aromatic N) is 14. The van der Waals surface area contributed by atoms with Crippen molar-refractivity contribution in [3.63, 3.8) is 0 Å². The molecule has 6 amide bonds. The third-order valence-electron chi connectivity index (χ3n) is 30.5. The summed E-state index contributed by atoms with van der Waals surface area (Å²) in [7, 11) is 3.57. The maximum Gasteiger partial charge on any atom is 0.266 e. The average Bonchev–Trinajstić information content (AvgIpc) is 1.57. The van der Waals surface area contributed by atoms with Gasteiger partial charge in [0.15, 0.2) is 41.5 Å². The minimum atomic E-state index is -3.22. The number of unbranched alkanes of at least 4 members (excludes halogenated alkanes) is 1. The summed E-state index contributed by atoms with van der Waals surface area (Å²) in [5.74, 6) is 4.29. The number of piperidine rings is 1. The fraction of sp³-hybridized carbons (Fsp3) is 0.451. The third kappa shape index (κ3) is 25.0. The zero-order chi connectivity index (χ0) is 102. The second-order valence-corrected chi connectivity index (χ2v) is 42.2. The van der Waals surface area contributed by atoms with E-state index >= 15 is 0 Å². The average molecular weight is 1970 g/mol. The maximum atomic E-state index is 13.6. The van der Waals surface area contributed by atoms with E-state index in [0.29, 0.717) is 61.6 Å². The summed E-state index contributed by atoms with van der Waals surface area (Å²) in [5, 5.41) is 12.7. The Morgan fingerprint density at radius 3 is 1.37 bits per heavy atom. The summed E-state index contributed by atoms with van der Waals surface area (Å²) in [6.45, 7) is 5.12. The number of rotatable bonds is 29. The predicted octanol–water partition coefficient (Wildman–Crippen LogP) is 15.9. The number of para-hydroxylation sites is 2. The summed E-state index contributed by atoms with van der Waals surface area (Å²) in [6, 6.07) is 67.1. The first-order chi connectivity index (χ1) is 69.6. The molecule has 3 unspecified atom stereocenters. The Bertz CT molecular complexity index is 5880. The molecule has 19 rings (SSSR count). The van der Waals surface area contributed by atoms with Crippen LogP contribution in [0.25, 0.3) is 22.3 Å². The highest BCUT2D eigenvalue weighted by Gasteiger charge is 2.54. The van der Waals surface area contributed by atoms with Crippen LogP contribution < -0.4 is 42.6 Å². The molecule has 9 aromatic rings. The Hall–Kier alpha value is -13.4. The largest absolute Gasteiger partial charge is 0.484 e. The Labute approximate surface area is 848 Å². The van der Waals surface area contributed by atoms with Crippen LogP contribution in [0.2, 0.25) is 0 Å². The predicted molar refractivity (Wildman–Crippen MR) is 567 cm³/mol. The fourth-order valence-corrected chi connectivity index (χ4v) is 23.5. The van der Waals surface area contributed by atoms with Crippen molar-refractivity contribution in [1.29, 1.82) is 5.41 Å². The molecule has 10 aliphatic rings. The zero-order valence-electron chi connectivity index (χ0n) is 84.2. The van der Waals surface area contributed by atoms with Gasteiger partial charge in [0.05, 0.1) is 6.26 Å². The lowest BCUT2D eigenvalue weighted by atomic mass is 9.74. The number of aromatic nitrogens is 3. The number of likely N-dealkylation sites (N-methyl/N-ethyl adjacent to an activating group) is 4. The van der Waals surface area contributed by atoms with Gasteiger partial charge in [-0.05, 0) is 207 Å². The number of aliphatic imine (C=N–C) groups is 4. The smallest absolute Gasteiger partial charge is 0.266 e. The van der Waals surface area contributed by atoms with E-state index in [9.17, 15) is 37.2 Å². The van der Waals surface area contributed by atoms with Crippen LogP contribution in [0.1, 0.15) is 221 Å². The molecule has 7 aromatic carbocycles. The normalized spacial score (nSPS) is 24.2. The molecule has 0 radical (unpaired) electrons. The van der Waals surface area contributed by atoms with Crippen molar-refractivity contribution in [2.45, 2.75) is 227 Å². The molecule has 4 aliphatic carbocycles. The van der Waals surface area contributed by atoms with Crippen LogP contribution in [0.15, 0.2) is 263 Å². The summed E-state index contributed by atoms with van der Waals surface area (Å²) in [6.07, 6.45) is 40.8. The molecular formula is C113H143N21O9S. The number of nitrogens with two attached hydrogens (primary N) is 4. The third-order valence-corrected chi connectivity index (χ3v) is 31.3. The number of nitrogens with one attached hydrogen (secondary N) is 3. The quantitative estimate of drug-likeness (QED) is 0.0214. The topological polar surface area (TPSA) is 409 Å². The number of likely N-dealkylation sites (tertiary alicyclic amines) is 1. The lowest BCUT2D eigenvalue weighted by Crippen LogP contribution is -2.45. The number of hydrogen-bond donors (Lipinski definition) is 7. The number of guanidine groups is 5. The molecule has 30 nitrogen and oxygen atoms in total. The number of amides is 6. The van der Waals surface area contributed by atoms with Gasteiger partial charge in [-0.15, -0.1) is 0 Å². The van der Waals surface area contributed by atoms with Crippen molar-refractivity contribution in [2.75, 3.05) is 72.1 Å². The van der Waals surface area contributed by atoms with E-state index in [1.807, 2.05) is 222 Å². The SMILES string of the molecule is CCCCN[C@@H]1CCC[C@H](C[C@@]2(CCC3CCCCC3)N=C(N)N(C)C2=O)C1.CN1C(=O)C(c2ccccc2)(c2cccc(-c3cccnc3)c2)N=C1N.CN1C(=O)C(c2ccccc2)(c2cccc(-c3cncnc3)c2)N=C1N.CN1C(=O)[C@@](CCC2CCCCC2)(C[C@H]2CCC[C@@H](NS(C)(=O)=O)C2)N=C1N.N=C1N(CC2CCN(C(=O)COc3ccccc3)CC2)C(=O)C(c2ccccc2)N1c1ccccc1. The number of ether oxygens (including phenoxy) is 1. The van der Waals surface area contributed by atoms with Crippen LogP contribution in [0.4, 0.5) is 5.69 Å². The van der Waals surface area contributed by atoms with E-state index in [4.69, 9.17) is 43.1 Å². The highest BCUT2D eigenvalue weighted by Crippen LogP contribution is 2.47. The lowest BCUT2D eigenvalue weighted by Gasteiger charge is -2.35. The molecular weight excluding hydrogens is 1830 g/mol. The first kappa shape index (κ1) is 105. The van der Waals surface area contributed by atoms with Gasteiger partial charge in [0.1, 0.15) is 29.2 Å². The highest BCUT2D eigenvalue weighted by atomic mass is 32.2. The van der Waals surface area contributed by atoms with Crippen LogP contribution in [0.5, 0.6) is 5.75 Å². The molecule has 0 bridgehead atoms. The second-order valence-electron chi connectivity index (χ2n) is 40.5. The van der Waals surface area contributed by atoms with Crippen molar-refractivity contribution in [3.05, 3.63) is 271 Å². The number of sulfonamides is 1. The summed E-state index contributed by atoms with van der Waals surface area (Å²) >= 11 is 0. The number of pyridine rings is 1. The Kier molecular flexibility index (Phi) is 35.2. The van der Waals surface area contributed by atoms with Crippen molar-refractivity contribution >= 4 is 81.0 Å². The van der Waals surface area contributed by atoms with Gasteiger partial charge in [0.2, 0.25) is 16.0 Å². The fourth-order valence-electron chi connectivity index (χ4n) is 22.6. The summed E-state index contributed by atoms with van der Waals surface area (Å²) in [4.78, 5) is 121. The first-order valence-electron chi connectivity index (χ1n) is 51.6. The van der Waals surface area contributed by atoms with E-state index in [0.717, 1.165) is 139 Å². The Balaban J connectivity index is 0.000000136. The molecule has 8 heterocycles. The second kappa shape index (κ2) is 48.3. The van der Waals surface area contributed by atoms with Gasteiger partial charge in [-0.25, -0.2) is 43.1 Å². The molecule has 31 heteroatoms. The van der Waals surface area contributed by atoms with E-state index in [-0.39, 0.29) is 77.8 Å². The Morgan fingerprint density at radius 1 is 0.465 bits per heavy atom. The molecule has 11 N–H and O–H groups in total. The van der Waals surface area contributed by atoms with E-state index in [1.165, 1.54) is 130 Å². The molecule has 144 heavy (non-hydrogen) atoms. The molecule has 0 spiro atoms. The van der Waals surface area contributed by atoms with Gasteiger partial charge < -0.3 is 37.9 Å². The summed E-state index contributed by atoms with van der Waals surface area (Å²) in [5.41, 5.74) is 29.0. The zero-order valence-corrected chi connectivity index (χ0v) is 85.0. The van der Waals surface area contributed by atoms with Gasteiger partial charge in [0.25, 0.3) is 35.4 Å². The monoisotopic (exact) mass is 1970 g/mol. The number of benzene rings is 7. The minimum Gasteiger partial charge on any atom is -0.484 e. The number of carbonyl (C=O) groups excluding carboxylic acids is 6. The van der Waals surface area contributed by atoms with Crippen LogP contribution in [0.3, 0.4) is 0 Å².